The molecule has 4 N–H and O–H groups in total. The third kappa shape index (κ3) is 3.76. The number of rotatable bonds is 5. The van der Waals surface area contributed by atoms with Crippen LogP contribution in [0.5, 0.6) is 0 Å². The topological polar surface area (TPSA) is 114 Å². The van der Waals surface area contributed by atoms with Crippen LogP contribution in [-0.4, -0.2) is 23.6 Å². The largest absolute Gasteiger partial charge is 0.399 e. The number of nitrogens with two attached hydrogens (primary N) is 1. The number of H-pyrrole nitrogens is 1. The Hall–Kier alpha value is -1.93. The van der Waals surface area contributed by atoms with E-state index >= 15 is 0 Å². The fourth-order valence-electron chi connectivity index (χ4n) is 1.69. The Morgan fingerprint density at radius 3 is 2.89 bits per heavy atom. The maximum atomic E-state index is 12.0. The van der Waals surface area contributed by atoms with E-state index in [1.807, 2.05) is 0 Å². The van der Waals surface area contributed by atoms with Gasteiger partial charge in [-0.05, 0) is 24.6 Å². The summed E-state index contributed by atoms with van der Waals surface area (Å²) < 4.78 is 26.5. The fraction of sp³-hybridized carbons (Fsp3) is 0.273. The van der Waals surface area contributed by atoms with E-state index in [1.54, 1.807) is 31.2 Å². The molecule has 0 aliphatic carbocycles. The van der Waals surface area contributed by atoms with Crippen LogP contribution in [0.4, 0.5) is 5.69 Å². The second kappa shape index (κ2) is 5.37. The minimum Gasteiger partial charge on any atom is -0.399 e. The van der Waals surface area contributed by atoms with Gasteiger partial charge >= 0.3 is 0 Å². The Bertz CT molecular complexity index is 639. The minimum atomic E-state index is -3.47. The molecule has 0 spiro atoms. The van der Waals surface area contributed by atoms with Crippen LogP contribution in [0.15, 0.2) is 30.6 Å². The quantitative estimate of drug-likeness (QED) is 0.693. The number of nitrogen functional groups attached to an aromatic ring is 1. The first-order valence-corrected chi connectivity index (χ1v) is 7.31. The van der Waals surface area contributed by atoms with Crippen LogP contribution in [-0.2, 0) is 15.8 Å². The van der Waals surface area contributed by atoms with Gasteiger partial charge in [0.15, 0.2) is 0 Å². The van der Waals surface area contributed by atoms with Gasteiger partial charge in [-0.1, -0.05) is 12.1 Å². The monoisotopic (exact) mass is 281 g/mol. The second-order valence-electron chi connectivity index (χ2n) is 4.21. The molecule has 0 bridgehead atoms. The maximum absolute atomic E-state index is 12.0. The Balaban J connectivity index is 2.07. The molecule has 8 heteroatoms. The van der Waals surface area contributed by atoms with Crippen LogP contribution in [0.3, 0.4) is 0 Å². The fourth-order valence-corrected chi connectivity index (χ4v) is 3.04. The van der Waals surface area contributed by atoms with E-state index in [0.717, 1.165) is 0 Å². The first kappa shape index (κ1) is 13.5. The normalized spacial score (nSPS) is 13.3. The lowest BCUT2D eigenvalue weighted by Crippen LogP contribution is -2.28. The number of anilines is 1. The SMILES string of the molecule is CC(NS(=O)(=O)Cc1cccc(N)c1)c1ncn[nH]1. The molecule has 2 rings (SSSR count). The third-order valence-electron chi connectivity index (χ3n) is 2.51. The second-order valence-corrected chi connectivity index (χ2v) is 5.97. The molecule has 0 radical (unpaired) electrons. The molecule has 0 amide bonds. The smallest absolute Gasteiger partial charge is 0.216 e. The van der Waals surface area contributed by atoms with Gasteiger partial charge in [0.1, 0.15) is 12.2 Å². The van der Waals surface area contributed by atoms with Crippen molar-refractivity contribution in [2.24, 2.45) is 0 Å². The average molecular weight is 281 g/mol. The predicted octanol–water partition coefficient (Wildman–Crippen LogP) is 0.568. The molecule has 0 saturated carbocycles. The highest BCUT2D eigenvalue weighted by molar-refractivity contribution is 7.88. The van der Waals surface area contributed by atoms with Crippen LogP contribution < -0.4 is 10.5 Å². The van der Waals surface area contributed by atoms with Crippen LogP contribution in [0.1, 0.15) is 24.4 Å². The number of nitrogens with one attached hydrogen (secondary N) is 2. The van der Waals surface area contributed by atoms with Crippen molar-refractivity contribution in [2.45, 2.75) is 18.7 Å². The van der Waals surface area contributed by atoms with Gasteiger partial charge in [0.2, 0.25) is 10.0 Å². The first-order valence-electron chi connectivity index (χ1n) is 5.66. The van der Waals surface area contributed by atoms with Crippen molar-refractivity contribution in [1.29, 1.82) is 0 Å². The molecule has 0 saturated heterocycles. The summed E-state index contributed by atoms with van der Waals surface area (Å²) in [5.74, 6) is 0.340. The van der Waals surface area contributed by atoms with Gasteiger partial charge < -0.3 is 5.73 Å². The number of nitrogens with zero attached hydrogens (tertiary/aromatic N) is 2. The lowest BCUT2D eigenvalue weighted by Gasteiger charge is -2.11. The van der Waals surface area contributed by atoms with Crippen LogP contribution >= 0.6 is 0 Å². The first-order chi connectivity index (χ1) is 8.96. The van der Waals surface area contributed by atoms with Gasteiger partial charge in [0.05, 0.1) is 11.8 Å². The molecule has 2 aromatic rings. The standard InChI is InChI=1S/C11H15N5O2S/c1-8(11-13-7-14-15-11)16-19(17,18)6-9-3-2-4-10(12)5-9/h2-5,7-8,16H,6,12H2,1H3,(H,13,14,15). The van der Waals surface area contributed by atoms with Crippen LogP contribution in [0.25, 0.3) is 0 Å². The van der Waals surface area contributed by atoms with E-state index < -0.39 is 16.1 Å². The van der Waals surface area contributed by atoms with Gasteiger partial charge in [0, 0.05) is 5.69 Å². The lowest BCUT2D eigenvalue weighted by molar-refractivity contribution is 0.559. The van der Waals surface area contributed by atoms with Gasteiger partial charge in [0.25, 0.3) is 0 Å². The number of aromatic nitrogens is 3. The molecule has 1 unspecified atom stereocenters. The molecule has 7 nitrogen and oxygen atoms in total. The Labute approximate surface area is 111 Å². The zero-order valence-electron chi connectivity index (χ0n) is 10.4. The Kier molecular flexibility index (Phi) is 3.82. The molecular formula is C11H15N5O2S. The van der Waals surface area contributed by atoms with Gasteiger partial charge in [-0.15, -0.1) is 0 Å². The summed E-state index contributed by atoms with van der Waals surface area (Å²) in [7, 11) is -3.47. The Morgan fingerprint density at radius 2 is 2.26 bits per heavy atom. The van der Waals surface area contributed by atoms with Gasteiger partial charge in [-0.2, -0.15) is 5.10 Å². The van der Waals surface area contributed by atoms with Crippen molar-refractivity contribution in [2.75, 3.05) is 5.73 Å². The van der Waals surface area contributed by atoms with Crippen molar-refractivity contribution in [1.82, 2.24) is 19.9 Å². The predicted molar refractivity (Wildman–Crippen MR) is 71.4 cm³/mol. The molecule has 1 aromatic heterocycles. The highest BCUT2D eigenvalue weighted by atomic mass is 32.2. The molecule has 1 aromatic carbocycles. The molecule has 19 heavy (non-hydrogen) atoms. The number of hydrogen-bond acceptors (Lipinski definition) is 5. The zero-order chi connectivity index (χ0) is 13.9. The third-order valence-corrected chi connectivity index (χ3v) is 3.93. The van der Waals surface area contributed by atoms with E-state index in [-0.39, 0.29) is 5.75 Å². The number of aromatic amines is 1. The zero-order valence-corrected chi connectivity index (χ0v) is 11.2. The summed E-state index contributed by atoms with van der Waals surface area (Å²) in [5.41, 5.74) is 6.79. The number of sulfonamides is 1. The van der Waals surface area contributed by atoms with Crippen molar-refractivity contribution in [3.63, 3.8) is 0 Å². The lowest BCUT2D eigenvalue weighted by atomic mass is 10.2. The van der Waals surface area contributed by atoms with Gasteiger partial charge in [-0.25, -0.2) is 18.1 Å². The molecule has 102 valence electrons. The summed E-state index contributed by atoms with van der Waals surface area (Å²) in [6, 6.07) is 6.32. The maximum Gasteiger partial charge on any atom is 0.216 e. The minimum absolute atomic E-state index is 0.128. The number of benzene rings is 1. The summed E-state index contributed by atoms with van der Waals surface area (Å²) >= 11 is 0. The molecule has 0 aliphatic heterocycles. The molecule has 0 aliphatic rings. The van der Waals surface area contributed by atoms with E-state index in [4.69, 9.17) is 5.73 Å². The number of hydrogen-bond donors (Lipinski definition) is 3. The summed E-state index contributed by atoms with van der Waals surface area (Å²) in [6.45, 7) is 1.69. The van der Waals surface area contributed by atoms with E-state index in [9.17, 15) is 8.42 Å². The summed E-state index contributed by atoms with van der Waals surface area (Å²) in [6.07, 6.45) is 1.33. The van der Waals surface area contributed by atoms with E-state index in [2.05, 4.69) is 19.9 Å². The van der Waals surface area contributed by atoms with E-state index in [1.165, 1.54) is 6.33 Å². The van der Waals surface area contributed by atoms with Crippen molar-refractivity contribution < 1.29 is 8.42 Å². The molecule has 0 fully saturated rings. The van der Waals surface area contributed by atoms with Crippen molar-refractivity contribution in [3.8, 4) is 0 Å². The van der Waals surface area contributed by atoms with Crippen LogP contribution in [0, 0.1) is 0 Å². The highest BCUT2D eigenvalue weighted by Gasteiger charge is 2.18. The van der Waals surface area contributed by atoms with Crippen molar-refractivity contribution >= 4 is 15.7 Å². The summed E-state index contributed by atoms with van der Waals surface area (Å²) in [4.78, 5) is 3.91. The highest BCUT2D eigenvalue weighted by Crippen LogP contribution is 2.12. The average Bonchev–Trinajstić information content (AvgIpc) is 2.80. The van der Waals surface area contributed by atoms with Crippen LogP contribution in [0.2, 0.25) is 0 Å². The van der Waals surface area contributed by atoms with E-state index in [0.29, 0.717) is 17.1 Å². The molecular weight excluding hydrogens is 266 g/mol. The molecule has 1 heterocycles. The Morgan fingerprint density at radius 1 is 1.47 bits per heavy atom. The van der Waals surface area contributed by atoms with Crippen molar-refractivity contribution in [3.05, 3.63) is 42.0 Å². The molecule has 1 atom stereocenters. The summed E-state index contributed by atoms with van der Waals surface area (Å²) in [5, 5.41) is 6.31. The van der Waals surface area contributed by atoms with Gasteiger partial charge in [-0.3, -0.25) is 5.10 Å².